The van der Waals surface area contributed by atoms with Crippen LogP contribution < -0.4 is 0 Å². The molecule has 0 radical (unpaired) electrons. The molecule has 0 amide bonds. The zero-order chi connectivity index (χ0) is 10.2. The van der Waals surface area contributed by atoms with Crippen molar-refractivity contribution < 1.29 is 9.84 Å². The molecular formula is C11H23NO2. The number of aliphatic hydroxyl groups is 1. The Balaban J connectivity index is 2.14. The molecule has 0 aromatic carbocycles. The first-order chi connectivity index (χ1) is 6.88. The standard InChI is InChI=1S/C11H23NO2/c1-2-14-10-8-12(7-4-9-13)11-5-3-6-11/h11,13H,2-10H2,1H3. The molecule has 0 aromatic rings. The highest BCUT2D eigenvalue weighted by atomic mass is 16.5. The molecule has 3 nitrogen and oxygen atoms in total. The average Bonchev–Trinajstić information content (AvgIpc) is 2.11. The maximum absolute atomic E-state index is 8.80. The van der Waals surface area contributed by atoms with Crippen LogP contribution in [0.3, 0.4) is 0 Å². The Morgan fingerprint density at radius 2 is 2.14 bits per heavy atom. The van der Waals surface area contributed by atoms with E-state index < -0.39 is 0 Å². The Morgan fingerprint density at radius 1 is 1.36 bits per heavy atom. The summed E-state index contributed by atoms with van der Waals surface area (Å²) >= 11 is 0. The van der Waals surface area contributed by atoms with Gasteiger partial charge in [-0.05, 0) is 26.2 Å². The van der Waals surface area contributed by atoms with Gasteiger partial charge in [-0.2, -0.15) is 0 Å². The molecule has 0 aliphatic heterocycles. The number of nitrogens with zero attached hydrogens (tertiary/aromatic N) is 1. The van der Waals surface area contributed by atoms with Crippen LogP contribution in [0.4, 0.5) is 0 Å². The molecule has 3 heteroatoms. The van der Waals surface area contributed by atoms with E-state index in [-0.39, 0.29) is 0 Å². The van der Waals surface area contributed by atoms with Gasteiger partial charge < -0.3 is 9.84 Å². The van der Waals surface area contributed by atoms with Crippen molar-refractivity contribution in [3.8, 4) is 0 Å². The summed E-state index contributed by atoms with van der Waals surface area (Å²) in [6, 6.07) is 0.766. The summed E-state index contributed by atoms with van der Waals surface area (Å²) in [5, 5.41) is 8.80. The van der Waals surface area contributed by atoms with Crippen molar-refractivity contribution in [2.45, 2.75) is 38.6 Å². The maximum atomic E-state index is 8.80. The monoisotopic (exact) mass is 201 g/mol. The smallest absolute Gasteiger partial charge is 0.0593 e. The molecule has 0 heterocycles. The first kappa shape index (κ1) is 12.0. The topological polar surface area (TPSA) is 32.7 Å². The van der Waals surface area contributed by atoms with Gasteiger partial charge in [-0.3, -0.25) is 4.90 Å². The van der Waals surface area contributed by atoms with Gasteiger partial charge in [0.05, 0.1) is 6.61 Å². The van der Waals surface area contributed by atoms with Gasteiger partial charge in [0.1, 0.15) is 0 Å². The number of hydrogen-bond acceptors (Lipinski definition) is 3. The van der Waals surface area contributed by atoms with E-state index >= 15 is 0 Å². The highest BCUT2D eigenvalue weighted by Gasteiger charge is 2.23. The Morgan fingerprint density at radius 3 is 2.64 bits per heavy atom. The molecule has 0 aromatic heterocycles. The molecule has 0 spiro atoms. The van der Waals surface area contributed by atoms with Crippen LogP contribution >= 0.6 is 0 Å². The lowest BCUT2D eigenvalue weighted by Crippen LogP contribution is -2.42. The summed E-state index contributed by atoms with van der Waals surface area (Å²) in [7, 11) is 0. The molecule has 0 atom stereocenters. The van der Waals surface area contributed by atoms with Crippen molar-refractivity contribution in [1.82, 2.24) is 4.90 Å². The van der Waals surface area contributed by atoms with Crippen LogP contribution in [0.15, 0.2) is 0 Å². The molecule has 1 saturated carbocycles. The second-order valence-electron chi connectivity index (χ2n) is 3.89. The van der Waals surface area contributed by atoms with Gasteiger partial charge in [0.15, 0.2) is 0 Å². The van der Waals surface area contributed by atoms with Crippen molar-refractivity contribution in [2.75, 3.05) is 32.9 Å². The molecule has 1 aliphatic rings. The van der Waals surface area contributed by atoms with Crippen molar-refractivity contribution in [2.24, 2.45) is 0 Å². The van der Waals surface area contributed by atoms with Crippen LogP contribution in [0.2, 0.25) is 0 Å². The summed E-state index contributed by atoms with van der Waals surface area (Å²) < 4.78 is 5.36. The largest absolute Gasteiger partial charge is 0.396 e. The molecule has 14 heavy (non-hydrogen) atoms. The van der Waals surface area contributed by atoms with Gasteiger partial charge in [0.2, 0.25) is 0 Å². The van der Waals surface area contributed by atoms with Crippen LogP contribution in [-0.4, -0.2) is 49.0 Å². The van der Waals surface area contributed by atoms with E-state index in [2.05, 4.69) is 4.90 Å². The lowest BCUT2D eigenvalue weighted by Gasteiger charge is -2.37. The molecule has 0 saturated heterocycles. The SMILES string of the molecule is CCOCCN(CCCO)C1CCC1. The summed E-state index contributed by atoms with van der Waals surface area (Å²) in [5.74, 6) is 0. The van der Waals surface area contributed by atoms with E-state index in [1.54, 1.807) is 0 Å². The fourth-order valence-electron chi connectivity index (χ4n) is 1.83. The second kappa shape index (κ2) is 7.21. The van der Waals surface area contributed by atoms with Crippen LogP contribution in [-0.2, 0) is 4.74 Å². The molecule has 1 fully saturated rings. The number of ether oxygens (including phenoxy) is 1. The third kappa shape index (κ3) is 3.95. The quantitative estimate of drug-likeness (QED) is 0.600. The second-order valence-corrected chi connectivity index (χ2v) is 3.89. The predicted octanol–water partition coefficient (Wildman–Crippen LogP) is 1.26. The summed E-state index contributed by atoms with van der Waals surface area (Å²) in [4.78, 5) is 2.47. The Kier molecular flexibility index (Phi) is 6.15. The van der Waals surface area contributed by atoms with Gasteiger partial charge in [0.25, 0.3) is 0 Å². The summed E-state index contributed by atoms with van der Waals surface area (Å²) in [6.45, 7) is 6.02. The normalized spacial score (nSPS) is 17.4. The maximum Gasteiger partial charge on any atom is 0.0593 e. The fraction of sp³-hybridized carbons (Fsp3) is 1.00. The highest BCUT2D eigenvalue weighted by molar-refractivity contribution is 4.79. The van der Waals surface area contributed by atoms with Crippen molar-refractivity contribution in [3.63, 3.8) is 0 Å². The summed E-state index contributed by atoms with van der Waals surface area (Å²) in [6.07, 6.45) is 4.92. The Hall–Kier alpha value is -0.120. The lowest BCUT2D eigenvalue weighted by molar-refractivity contribution is 0.0647. The molecule has 84 valence electrons. The van der Waals surface area contributed by atoms with Crippen LogP contribution in [0.1, 0.15) is 32.6 Å². The van der Waals surface area contributed by atoms with Gasteiger partial charge in [-0.1, -0.05) is 6.42 Å². The summed E-state index contributed by atoms with van der Waals surface area (Å²) in [5.41, 5.74) is 0. The first-order valence-electron chi connectivity index (χ1n) is 5.81. The highest BCUT2D eigenvalue weighted by Crippen LogP contribution is 2.24. The van der Waals surface area contributed by atoms with Crippen LogP contribution in [0.25, 0.3) is 0 Å². The molecule has 1 rings (SSSR count). The third-order valence-corrected chi connectivity index (χ3v) is 2.92. The van der Waals surface area contributed by atoms with Gasteiger partial charge >= 0.3 is 0 Å². The molecular weight excluding hydrogens is 178 g/mol. The van der Waals surface area contributed by atoms with E-state index in [9.17, 15) is 0 Å². The minimum Gasteiger partial charge on any atom is -0.396 e. The Bertz CT molecular complexity index is 137. The first-order valence-corrected chi connectivity index (χ1v) is 5.81. The average molecular weight is 201 g/mol. The molecule has 0 bridgehead atoms. The molecule has 1 N–H and O–H groups in total. The van der Waals surface area contributed by atoms with Gasteiger partial charge in [-0.15, -0.1) is 0 Å². The van der Waals surface area contributed by atoms with E-state index in [1.165, 1.54) is 19.3 Å². The predicted molar refractivity (Wildman–Crippen MR) is 57.4 cm³/mol. The third-order valence-electron chi connectivity index (χ3n) is 2.92. The zero-order valence-electron chi connectivity index (χ0n) is 9.24. The van der Waals surface area contributed by atoms with E-state index in [4.69, 9.17) is 9.84 Å². The molecule has 0 unspecified atom stereocenters. The van der Waals surface area contributed by atoms with E-state index in [1.807, 2.05) is 6.92 Å². The van der Waals surface area contributed by atoms with Crippen LogP contribution in [0, 0.1) is 0 Å². The minimum atomic E-state index is 0.303. The van der Waals surface area contributed by atoms with E-state index in [0.29, 0.717) is 6.61 Å². The van der Waals surface area contributed by atoms with E-state index in [0.717, 1.165) is 38.8 Å². The Labute approximate surface area is 87.1 Å². The number of rotatable bonds is 8. The fourth-order valence-corrected chi connectivity index (χ4v) is 1.83. The van der Waals surface area contributed by atoms with Gasteiger partial charge in [-0.25, -0.2) is 0 Å². The van der Waals surface area contributed by atoms with Crippen molar-refractivity contribution >= 4 is 0 Å². The molecule has 1 aliphatic carbocycles. The van der Waals surface area contributed by atoms with Crippen molar-refractivity contribution in [1.29, 1.82) is 0 Å². The minimum absolute atomic E-state index is 0.303. The number of hydrogen-bond donors (Lipinski definition) is 1. The van der Waals surface area contributed by atoms with Crippen molar-refractivity contribution in [3.05, 3.63) is 0 Å². The zero-order valence-corrected chi connectivity index (χ0v) is 9.24. The van der Waals surface area contributed by atoms with Gasteiger partial charge in [0, 0.05) is 32.3 Å². The number of aliphatic hydroxyl groups excluding tert-OH is 1. The lowest BCUT2D eigenvalue weighted by atomic mass is 9.91. The van der Waals surface area contributed by atoms with Crippen LogP contribution in [0.5, 0.6) is 0 Å².